The summed E-state index contributed by atoms with van der Waals surface area (Å²) < 4.78 is 0. The SMILES string of the molecule is C.C1=NCCN2CCN=CC=NCCN(CCN=C1)CCN=CC=NCC2.C1CNCCN2CCNCCNCCN(CCN1)CCNCCNCC2.CCCC.O=CC=O.[B].[H-].[Na+]. The molecule has 18 nitrogen and oxygen atoms in total. The molecule has 0 aliphatic carbocycles. The molecule has 3 fully saturated rings. The fraction of sp³-hybridized carbons (Fsp3) is 0.814. The number of hydrogen-bond acceptors (Lipinski definition) is 18. The Hall–Kier alpha value is -1.98. The third-order valence-electron chi connectivity index (χ3n) is 9.72. The minimum absolute atomic E-state index is 0. The standard InChI is InChI=1S/C18H42N8.C18H30N8.C4H10.C2H2O2.CH4.B.Na.H/c2*1-2-20-8-14-26-17-11-23-5-3-21-9-15-25(13-7-19-1)16-10-22-4-6-24-12-18-26;1-3-4-2;3-1-2-4;;;;/h19-24H,1-18H2;1-6H,7-18H2;3-4H2,1-2H3;1-2H;1H4;;;/q;;;;;;+1;-1. The predicted molar refractivity (Wildman–Crippen MR) is 269 cm³/mol. The Morgan fingerprint density at radius 1 is 0.381 bits per heavy atom. The van der Waals surface area contributed by atoms with Crippen LogP contribution in [-0.2, 0) is 9.59 Å². The number of aldehydes is 2. The van der Waals surface area contributed by atoms with Gasteiger partial charge in [0.25, 0.3) is 0 Å². The van der Waals surface area contributed by atoms with Gasteiger partial charge >= 0.3 is 29.6 Å². The first-order chi connectivity index (χ1) is 29.7. The average molecular weight is 896 g/mol. The van der Waals surface area contributed by atoms with Crippen molar-refractivity contribution in [3.63, 3.8) is 0 Å². The van der Waals surface area contributed by atoms with Crippen LogP contribution < -0.4 is 61.5 Å². The molecule has 0 aromatic heterocycles. The molecule has 3 saturated heterocycles. The zero-order valence-electron chi connectivity index (χ0n) is 40.1. The summed E-state index contributed by atoms with van der Waals surface area (Å²) in [4.78, 5) is 54.0. The van der Waals surface area contributed by atoms with E-state index in [9.17, 15) is 0 Å². The molecule has 0 atom stereocenters. The van der Waals surface area contributed by atoms with Crippen LogP contribution in [0, 0.1) is 0 Å². The van der Waals surface area contributed by atoms with Gasteiger partial charge in [-0.15, -0.1) is 0 Å². The van der Waals surface area contributed by atoms with Gasteiger partial charge in [-0.1, -0.05) is 34.1 Å². The van der Waals surface area contributed by atoms with Gasteiger partial charge in [0, 0.05) is 203 Å². The van der Waals surface area contributed by atoms with Crippen LogP contribution in [0.4, 0.5) is 0 Å². The fourth-order valence-electron chi connectivity index (χ4n) is 5.97. The molecule has 0 aromatic rings. The average Bonchev–Trinajstić information content (AvgIpc) is 3.26. The first-order valence-corrected chi connectivity index (χ1v) is 22.7. The van der Waals surface area contributed by atoms with Crippen molar-refractivity contribution in [3.8, 4) is 0 Å². The summed E-state index contributed by atoms with van der Waals surface area (Å²) in [5, 5.41) is 21.5. The van der Waals surface area contributed by atoms with Gasteiger partial charge in [-0.25, -0.2) is 0 Å². The summed E-state index contributed by atoms with van der Waals surface area (Å²) in [6.07, 6.45) is 13.9. The number of aliphatic imine (C=N–C) groups is 6. The van der Waals surface area contributed by atoms with Crippen molar-refractivity contribution in [2.24, 2.45) is 30.0 Å². The first-order valence-electron chi connectivity index (χ1n) is 22.7. The van der Waals surface area contributed by atoms with Gasteiger partial charge in [0.05, 0.1) is 39.3 Å². The summed E-state index contributed by atoms with van der Waals surface area (Å²) >= 11 is 0. The molecule has 0 aromatic carbocycles. The minimum Gasteiger partial charge on any atom is -1.00 e. The summed E-state index contributed by atoms with van der Waals surface area (Å²) in [6.45, 7) is 33.7. The molecule has 6 aliphatic rings. The second-order valence-corrected chi connectivity index (χ2v) is 14.5. The molecule has 6 rings (SSSR count). The Morgan fingerprint density at radius 2 is 0.556 bits per heavy atom. The van der Waals surface area contributed by atoms with Gasteiger partial charge in [0.1, 0.15) is 0 Å². The summed E-state index contributed by atoms with van der Waals surface area (Å²) in [5.74, 6) is 0. The third-order valence-corrected chi connectivity index (χ3v) is 9.72. The second kappa shape index (κ2) is 54.4. The van der Waals surface area contributed by atoms with E-state index in [-0.39, 0.29) is 59.4 Å². The molecule has 0 spiro atoms. The largest absolute Gasteiger partial charge is 1.00 e. The number of carbonyl (C=O) groups is 2. The molecule has 6 aliphatic heterocycles. The Bertz CT molecular complexity index is 952. The normalized spacial score (nSPS) is 24.4. The van der Waals surface area contributed by atoms with Gasteiger partial charge < -0.3 is 33.3 Å². The molecule has 4 bridgehead atoms. The van der Waals surface area contributed by atoms with E-state index in [1.807, 2.05) is 0 Å². The van der Waals surface area contributed by atoms with E-state index in [1.165, 1.54) is 12.8 Å². The maximum Gasteiger partial charge on any atom is 1.00 e. The molecule has 6 heterocycles. The second-order valence-electron chi connectivity index (χ2n) is 14.5. The molecule has 6 N–H and O–H groups in total. The van der Waals surface area contributed by atoms with Crippen molar-refractivity contribution in [1.29, 1.82) is 0 Å². The quantitative estimate of drug-likeness (QED) is 0.0892. The van der Waals surface area contributed by atoms with Crippen LogP contribution in [0.15, 0.2) is 30.0 Å². The van der Waals surface area contributed by atoms with E-state index in [0.29, 0.717) is 0 Å². The number of carbonyl (C=O) groups excluding carboxylic acids is 2. The van der Waals surface area contributed by atoms with E-state index >= 15 is 0 Å². The number of hydrogen-bond donors (Lipinski definition) is 6. The van der Waals surface area contributed by atoms with Crippen LogP contribution in [0.5, 0.6) is 0 Å². The number of unbranched alkanes of at least 4 members (excludes halogenated alkanes) is 1. The minimum atomic E-state index is 0. The molecule has 0 saturated carbocycles. The van der Waals surface area contributed by atoms with Crippen LogP contribution in [0.1, 0.15) is 35.5 Å². The van der Waals surface area contributed by atoms with Crippen molar-refractivity contribution < 1.29 is 40.6 Å². The number of nitrogens with zero attached hydrogens (tertiary/aromatic N) is 10. The molecule has 3 radical (unpaired) electrons. The molecule has 357 valence electrons. The van der Waals surface area contributed by atoms with Crippen molar-refractivity contribution in [1.82, 2.24) is 51.5 Å². The maximum atomic E-state index is 8.81. The van der Waals surface area contributed by atoms with E-state index in [1.54, 1.807) is 37.3 Å². The van der Waals surface area contributed by atoms with Crippen LogP contribution in [0.3, 0.4) is 0 Å². The Balaban J connectivity index is -0.000000456. The summed E-state index contributed by atoms with van der Waals surface area (Å²) in [6, 6.07) is 0. The zero-order chi connectivity index (χ0) is 43.1. The monoisotopic (exact) mass is 896 g/mol. The Morgan fingerprint density at radius 3 is 0.714 bits per heavy atom. The van der Waals surface area contributed by atoms with E-state index in [4.69, 9.17) is 9.59 Å². The van der Waals surface area contributed by atoms with Crippen molar-refractivity contribution >= 4 is 58.3 Å². The van der Waals surface area contributed by atoms with Gasteiger partial charge in [-0.2, -0.15) is 0 Å². The van der Waals surface area contributed by atoms with Gasteiger partial charge in [0.15, 0.2) is 12.6 Å². The molecule has 0 amide bonds. The number of fused-ring (bicyclic) bond motifs is 36. The van der Waals surface area contributed by atoms with Crippen LogP contribution in [0.25, 0.3) is 0 Å². The molecule has 63 heavy (non-hydrogen) atoms. The molecule has 20 heteroatoms. The molecular weight excluding hydrogens is 806 g/mol. The smallest absolute Gasteiger partial charge is 1.00 e. The summed E-state index contributed by atoms with van der Waals surface area (Å²) in [5.41, 5.74) is 0. The third kappa shape index (κ3) is 46.4. The number of nitrogens with one attached hydrogen (secondary N) is 6. The van der Waals surface area contributed by atoms with E-state index in [2.05, 4.69) is 95.3 Å². The van der Waals surface area contributed by atoms with Gasteiger partial charge in [0.2, 0.25) is 0 Å². The van der Waals surface area contributed by atoms with Crippen LogP contribution >= 0.6 is 0 Å². The van der Waals surface area contributed by atoms with Crippen molar-refractivity contribution in [3.05, 3.63) is 0 Å². The molecule has 0 unspecified atom stereocenters. The molecular formula is C43H89BN16NaO2. The topological polar surface area (TPSA) is 193 Å². The van der Waals surface area contributed by atoms with Crippen LogP contribution in [-0.4, -0.2) is 274 Å². The number of rotatable bonds is 2. The maximum absolute atomic E-state index is 8.81. The Kier molecular flexibility index (Phi) is 56.3. The predicted octanol–water partition coefficient (Wildman–Crippen LogP) is -4.24. The zero-order valence-corrected chi connectivity index (χ0v) is 41.1. The fourth-order valence-corrected chi connectivity index (χ4v) is 5.97. The van der Waals surface area contributed by atoms with Crippen molar-refractivity contribution in [2.75, 3.05) is 196 Å². The Labute approximate surface area is 408 Å². The van der Waals surface area contributed by atoms with E-state index < -0.39 is 0 Å². The van der Waals surface area contributed by atoms with Crippen molar-refractivity contribution in [2.45, 2.75) is 34.1 Å². The van der Waals surface area contributed by atoms with Gasteiger partial charge in [-0.05, 0) is 0 Å². The van der Waals surface area contributed by atoms with Gasteiger partial charge in [-0.3, -0.25) is 59.1 Å². The van der Waals surface area contributed by atoms with E-state index in [0.717, 1.165) is 196 Å². The summed E-state index contributed by atoms with van der Waals surface area (Å²) in [7, 11) is 0. The first kappa shape index (κ1) is 65.3. The van der Waals surface area contributed by atoms with Crippen LogP contribution in [0.2, 0.25) is 0 Å².